The lowest BCUT2D eigenvalue weighted by Crippen LogP contribution is -2.45. The average Bonchev–Trinajstić information content (AvgIpc) is 3.04. The molecule has 0 unspecified atom stereocenters. The molecule has 0 aromatic carbocycles. The molecule has 3 heterocycles. The molecule has 2 aromatic rings. The number of pyridine rings is 1. The van der Waals surface area contributed by atoms with Gasteiger partial charge in [0.2, 0.25) is 0 Å². The molecule has 128 valence electrons. The van der Waals surface area contributed by atoms with Crippen molar-refractivity contribution in [1.82, 2.24) is 24.8 Å². The molecule has 6 heteroatoms. The zero-order valence-electron chi connectivity index (χ0n) is 14.2. The van der Waals surface area contributed by atoms with Gasteiger partial charge in [0, 0.05) is 38.2 Å². The molecule has 1 fully saturated rings. The summed E-state index contributed by atoms with van der Waals surface area (Å²) in [6.45, 7) is 4.33. The topological polar surface area (TPSA) is 63.1 Å². The van der Waals surface area contributed by atoms with Crippen LogP contribution in [0.15, 0.2) is 36.8 Å². The summed E-state index contributed by atoms with van der Waals surface area (Å²) >= 11 is 0. The van der Waals surface area contributed by atoms with Crippen LogP contribution in [0.5, 0.6) is 0 Å². The van der Waals surface area contributed by atoms with Crippen molar-refractivity contribution in [3.8, 4) is 0 Å². The van der Waals surface area contributed by atoms with Crippen LogP contribution in [-0.2, 0) is 6.54 Å². The molecule has 0 aliphatic carbocycles. The van der Waals surface area contributed by atoms with Gasteiger partial charge in [-0.1, -0.05) is 6.07 Å². The third-order valence-corrected chi connectivity index (χ3v) is 4.57. The Morgan fingerprint density at radius 1 is 1.29 bits per heavy atom. The average molecular weight is 327 g/mol. The molecule has 0 radical (unpaired) electrons. The van der Waals surface area contributed by atoms with Gasteiger partial charge in [-0.3, -0.25) is 4.98 Å². The summed E-state index contributed by atoms with van der Waals surface area (Å²) in [4.78, 5) is 23.2. The van der Waals surface area contributed by atoms with Crippen molar-refractivity contribution in [3.63, 3.8) is 0 Å². The number of amides is 2. The Hall–Kier alpha value is -2.37. The molecule has 1 N–H and O–H groups in total. The summed E-state index contributed by atoms with van der Waals surface area (Å²) in [5, 5.41) is 3.06. The SMILES string of the molecule is Cc1nccn1CCCNC(=O)N1CCCC[C@H]1c1ccccn1. The molecule has 6 nitrogen and oxygen atoms in total. The number of imidazole rings is 1. The zero-order valence-corrected chi connectivity index (χ0v) is 14.2. The van der Waals surface area contributed by atoms with Gasteiger partial charge in [0.1, 0.15) is 5.82 Å². The van der Waals surface area contributed by atoms with Gasteiger partial charge in [0.25, 0.3) is 0 Å². The Bertz CT molecular complexity index is 654. The summed E-state index contributed by atoms with van der Waals surface area (Å²) in [5.41, 5.74) is 0.987. The molecule has 0 bridgehead atoms. The van der Waals surface area contributed by atoms with Crippen LogP contribution in [0.1, 0.15) is 43.2 Å². The third kappa shape index (κ3) is 3.93. The number of nitrogens with one attached hydrogen (secondary N) is 1. The second-order valence-corrected chi connectivity index (χ2v) is 6.21. The van der Waals surface area contributed by atoms with E-state index in [4.69, 9.17) is 0 Å². The smallest absolute Gasteiger partial charge is 0.317 e. The Morgan fingerprint density at radius 3 is 2.96 bits per heavy atom. The van der Waals surface area contributed by atoms with E-state index in [9.17, 15) is 4.79 Å². The Morgan fingerprint density at radius 2 is 2.21 bits per heavy atom. The van der Waals surface area contributed by atoms with E-state index in [0.29, 0.717) is 6.54 Å². The summed E-state index contributed by atoms with van der Waals surface area (Å²) in [6, 6.07) is 6.02. The first-order valence-electron chi connectivity index (χ1n) is 8.69. The van der Waals surface area contributed by atoms with Crippen LogP contribution in [0.3, 0.4) is 0 Å². The molecule has 2 amide bonds. The summed E-state index contributed by atoms with van der Waals surface area (Å²) < 4.78 is 2.10. The van der Waals surface area contributed by atoms with E-state index in [1.165, 1.54) is 0 Å². The number of nitrogens with zero attached hydrogens (tertiary/aromatic N) is 4. The number of rotatable bonds is 5. The number of urea groups is 1. The fourth-order valence-electron chi connectivity index (χ4n) is 3.24. The van der Waals surface area contributed by atoms with Crippen molar-refractivity contribution in [2.75, 3.05) is 13.1 Å². The number of piperidine rings is 1. The highest BCUT2D eigenvalue weighted by Gasteiger charge is 2.28. The summed E-state index contributed by atoms with van der Waals surface area (Å²) in [6.07, 6.45) is 9.66. The quantitative estimate of drug-likeness (QED) is 0.859. The van der Waals surface area contributed by atoms with Gasteiger partial charge in [-0.25, -0.2) is 9.78 Å². The minimum absolute atomic E-state index is 0.0210. The van der Waals surface area contributed by atoms with Crippen molar-refractivity contribution >= 4 is 6.03 Å². The highest BCUT2D eigenvalue weighted by molar-refractivity contribution is 5.74. The van der Waals surface area contributed by atoms with Crippen LogP contribution in [0, 0.1) is 6.92 Å². The normalized spacial score (nSPS) is 17.7. The van der Waals surface area contributed by atoms with Crippen molar-refractivity contribution in [1.29, 1.82) is 0 Å². The van der Waals surface area contributed by atoms with Crippen molar-refractivity contribution in [3.05, 3.63) is 48.3 Å². The predicted octanol–water partition coefficient (Wildman–Crippen LogP) is 2.91. The van der Waals surface area contributed by atoms with E-state index < -0.39 is 0 Å². The molecule has 0 spiro atoms. The van der Waals surface area contributed by atoms with E-state index in [2.05, 4.69) is 19.9 Å². The summed E-state index contributed by atoms with van der Waals surface area (Å²) in [5.74, 6) is 1.01. The Balaban J connectivity index is 1.52. The lowest BCUT2D eigenvalue weighted by atomic mass is 9.99. The number of aryl methyl sites for hydroxylation is 2. The second-order valence-electron chi connectivity index (χ2n) is 6.21. The molecule has 1 atom stereocenters. The van der Waals surface area contributed by atoms with Gasteiger partial charge >= 0.3 is 6.03 Å². The van der Waals surface area contributed by atoms with Gasteiger partial charge in [-0.05, 0) is 44.7 Å². The standard InChI is InChI=1S/C18H25N5O/c1-15-19-11-14-22(15)12-6-10-21-18(24)23-13-5-3-8-17(23)16-7-2-4-9-20-16/h2,4,7,9,11,14,17H,3,5-6,8,10,12-13H2,1H3,(H,21,24)/t17-/m0/s1. The molecule has 2 aromatic heterocycles. The molecule has 1 aliphatic heterocycles. The van der Waals surface area contributed by atoms with Crippen molar-refractivity contribution in [2.24, 2.45) is 0 Å². The lowest BCUT2D eigenvalue weighted by molar-refractivity contribution is 0.149. The Kier molecular flexibility index (Phi) is 5.46. The highest BCUT2D eigenvalue weighted by Crippen LogP contribution is 2.29. The monoisotopic (exact) mass is 327 g/mol. The van der Waals surface area contributed by atoms with Crippen LogP contribution in [-0.4, -0.2) is 38.6 Å². The maximum absolute atomic E-state index is 12.6. The largest absolute Gasteiger partial charge is 0.338 e. The first kappa shape index (κ1) is 16.5. The first-order valence-corrected chi connectivity index (χ1v) is 8.69. The predicted molar refractivity (Wildman–Crippen MR) is 92.5 cm³/mol. The zero-order chi connectivity index (χ0) is 16.8. The van der Waals surface area contributed by atoms with Crippen LogP contribution in [0.25, 0.3) is 0 Å². The molecule has 1 saturated heterocycles. The number of carbonyl (C=O) groups is 1. The van der Waals surface area contributed by atoms with Crippen molar-refractivity contribution in [2.45, 2.75) is 45.2 Å². The minimum Gasteiger partial charge on any atom is -0.338 e. The van der Waals surface area contributed by atoms with Crippen LogP contribution in [0.2, 0.25) is 0 Å². The van der Waals surface area contributed by atoms with Gasteiger partial charge in [-0.2, -0.15) is 0 Å². The second kappa shape index (κ2) is 7.95. The molecular formula is C18H25N5O. The van der Waals surface area contributed by atoms with E-state index in [-0.39, 0.29) is 12.1 Å². The number of likely N-dealkylation sites (tertiary alicyclic amines) is 1. The fourth-order valence-corrected chi connectivity index (χ4v) is 3.24. The molecule has 0 saturated carbocycles. The van der Waals surface area contributed by atoms with E-state index >= 15 is 0 Å². The van der Waals surface area contributed by atoms with Crippen LogP contribution >= 0.6 is 0 Å². The van der Waals surface area contributed by atoms with E-state index in [1.54, 1.807) is 12.4 Å². The van der Waals surface area contributed by atoms with E-state index in [1.807, 2.05) is 36.2 Å². The lowest BCUT2D eigenvalue weighted by Gasteiger charge is -2.35. The number of carbonyl (C=O) groups excluding carboxylic acids is 1. The molecule has 1 aliphatic rings. The minimum atomic E-state index is 0.0210. The van der Waals surface area contributed by atoms with E-state index in [0.717, 1.165) is 50.3 Å². The number of hydrogen-bond acceptors (Lipinski definition) is 3. The number of aromatic nitrogens is 3. The Labute approximate surface area is 142 Å². The molecular weight excluding hydrogens is 302 g/mol. The fraction of sp³-hybridized carbons (Fsp3) is 0.500. The van der Waals surface area contributed by atoms with Gasteiger partial charge < -0.3 is 14.8 Å². The maximum atomic E-state index is 12.6. The summed E-state index contributed by atoms with van der Waals surface area (Å²) in [7, 11) is 0. The third-order valence-electron chi connectivity index (χ3n) is 4.57. The van der Waals surface area contributed by atoms with Gasteiger partial charge in [-0.15, -0.1) is 0 Å². The first-order chi connectivity index (χ1) is 11.8. The highest BCUT2D eigenvalue weighted by atomic mass is 16.2. The maximum Gasteiger partial charge on any atom is 0.317 e. The van der Waals surface area contributed by atoms with Crippen molar-refractivity contribution < 1.29 is 4.79 Å². The molecule has 3 rings (SSSR count). The van der Waals surface area contributed by atoms with Gasteiger partial charge in [0.15, 0.2) is 0 Å². The van der Waals surface area contributed by atoms with Crippen LogP contribution in [0.4, 0.5) is 4.79 Å². The van der Waals surface area contributed by atoms with Gasteiger partial charge in [0.05, 0.1) is 11.7 Å². The van der Waals surface area contributed by atoms with Crippen LogP contribution < -0.4 is 5.32 Å². The number of hydrogen-bond donors (Lipinski definition) is 1. The molecule has 24 heavy (non-hydrogen) atoms.